The molecule has 0 saturated carbocycles. The Morgan fingerprint density at radius 2 is 2.00 bits per heavy atom. The zero-order valence-electron chi connectivity index (χ0n) is 7.28. The van der Waals surface area contributed by atoms with Gasteiger partial charge >= 0.3 is 0 Å². The Bertz CT molecular complexity index is 439. The summed E-state index contributed by atoms with van der Waals surface area (Å²) in [6.45, 7) is 1.84. The van der Waals surface area contributed by atoms with Gasteiger partial charge in [0.1, 0.15) is 5.82 Å². The number of hydrogen-bond acceptors (Lipinski definition) is 4. The van der Waals surface area contributed by atoms with Gasteiger partial charge < -0.3 is 5.43 Å². The predicted octanol–water partition coefficient (Wildman–Crippen LogP) is 1.22. The minimum Gasteiger partial charge on any atom is -0.308 e. The molecule has 1 aromatic heterocycles. The first-order valence-electron chi connectivity index (χ1n) is 4.01. The van der Waals surface area contributed by atoms with Gasteiger partial charge in [-0.3, -0.25) is 0 Å². The van der Waals surface area contributed by atoms with E-state index >= 15 is 0 Å². The molecule has 1 heterocycles. The van der Waals surface area contributed by atoms with Gasteiger partial charge in [0, 0.05) is 5.39 Å². The van der Waals surface area contributed by atoms with Crippen molar-refractivity contribution in [3.63, 3.8) is 0 Å². The lowest BCUT2D eigenvalue weighted by Crippen LogP contribution is -2.10. The summed E-state index contributed by atoms with van der Waals surface area (Å²) in [5, 5.41) is 0.940. The first kappa shape index (κ1) is 7.94. The summed E-state index contributed by atoms with van der Waals surface area (Å²) in [6, 6.07) is 7.74. The molecule has 0 aliphatic carbocycles. The van der Waals surface area contributed by atoms with E-state index in [0.29, 0.717) is 11.6 Å². The zero-order chi connectivity index (χ0) is 9.26. The monoisotopic (exact) mass is 174 g/mol. The van der Waals surface area contributed by atoms with Crippen LogP contribution < -0.4 is 11.3 Å². The molecule has 13 heavy (non-hydrogen) atoms. The molecular weight excluding hydrogens is 164 g/mol. The molecule has 3 N–H and O–H groups in total. The number of fused-ring (bicyclic) bond motifs is 1. The minimum atomic E-state index is 0.670. The maximum atomic E-state index is 5.34. The third-order valence-corrected chi connectivity index (χ3v) is 1.85. The number of nitrogens with two attached hydrogens (primary N) is 1. The topological polar surface area (TPSA) is 63.8 Å². The number of aryl methyl sites for hydroxylation is 1. The van der Waals surface area contributed by atoms with Gasteiger partial charge in [-0.15, -0.1) is 0 Å². The fourth-order valence-corrected chi connectivity index (χ4v) is 1.30. The first-order valence-corrected chi connectivity index (χ1v) is 4.01. The summed E-state index contributed by atoms with van der Waals surface area (Å²) in [5.74, 6) is 6.73. The number of benzene rings is 1. The lowest BCUT2D eigenvalue weighted by atomic mass is 10.2. The van der Waals surface area contributed by atoms with Crippen molar-refractivity contribution in [1.29, 1.82) is 0 Å². The molecule has 0 bridgehead atoms. The van der Waals surface area contributed by atoms with Gasteiger partial charge in [0.05, 0.1) is 5.52 Å². The molecule has 0 atom stereocenters. The summed E-state index contributed by atoms with van der Waals surface area (Å²) in [7, 11) is 0. The predicted molar refractivity (Wildman–Crippen MR) is 52.1 cm³/mol. The Balaban J connectivity index is 2.81. The number of anilines is 1. The third-order valence-electron chi connectivity index (χ3n) is 1.85. The van der Waals surface area contributed by atoms with E-state index in [1.165, 1.54) is 0 Å². The summed E-state index contributed by atoms with van der Waals surface area (Å²) in [6.07, 6.45) is 0. The van der Waals surface area contributed by atoms with E-state index in [1.54, 1.807) is 0 Å². The van der Waals surface area contributed by atoms with Crippen LogP contribution in [0.15, 0.2) is 24.3 Å². The molecule has 0 amide bonds. The highest BCUT2D eigenvalue weighted by Gasteiger charge is 2.02. The van der Waals surface area contributed by atoms with Crippen molar-refractivity contribution >= 4 is 16.7 Å². The third kappa shape index (κ3) is 1.31. The smallest absolute Gasteiger partial charge is 0.151 e. The molecule has 0 saturated heterocycles. The molecule has 1 aromatic carbocycles. The molecule has 0 spiro atoms. The fraction of sp³-hybridized carbons (Fsp3) is 0.111. The van der Waals surface area contributed by atoms with Crippen LogP contribution in [0.4, 0.5) is 5.82 Å². The van der Waals surface area contributed by atoms with Crippen LogP contribution >= 0.6 is 0 Å². The summed E-state index contributed by atoms with van der Waals surface area (Å²) >= 11 is 0. The van der Waals surface area contributed by atoms with Crippen molar-refractivity contribution in [2.75, 3.05) is 5.43 Å². The highest BCUT2D eigenvalue weighted by Crippen LogP contribution is 2.18. The number of para-hydroxylation sites is 1. The molecule has 0 aliphatic heterocycles. The van der Waals surface area contributed by atoms with Crippen LogP contribution in [0.5, 0.6) is 0 Å². The van der Waals surface area contributed by atoms with Crippen LogP contribution in [0.2, 0.25) is 0 Å². The molecule has 0 aliphatic rings. The zero-order valence-corrected chi connectivity index (χ0v) is 7.28. The summed E-state index contributed by atoms with van der Waals surface area (Å²) in [5.41, 5.74) is 3.47. The number of rotatable bonds is 1. The number of hydrazine groups is 1. The molecule has 4 nitrogen and oxygen atoms in total. The Labute approximate surface area is 75.8 Å². The van der Waals surface area contributed by atoms with Crippen LogP contribution in [0.3, 0.4) is 0 Å². The molecule has 66 valence electrons. The Kier molecular flexibility index (Phi) is 1.83. The van der Waals surface area contributed by atoms with Crippen molar-refractivity contribution in [2.24, 2.45) is 5.84 Å². The summed E-state index contributed by atoms with van der Waals surface area (Å²) < 4.78 is 0. The second-order valence-electron chi connectivity index (χ2n) is 2.78. The van der Waals surface area contributed by atoms with Crippen molar-refractivity contribution in [3.05, 3.63) is 30.1 Å². The van der Waals surface area contributed by atoms with Gasteiger partial charge in [-0.2, -0.15) is 0 Å². The minimum absolute atomic E-state index is 0.670. The van der Waals surface area contributed by atoms with Gasteiger partial charge in [0.2, 0.25) is 0 Å². The van der Waals surface area contributed by atoms with Gasteiger partial charge in [-0.05, 0) is 19.1 Å². The van der Waals surface area contributed by atoms with E-state index in [4.69, 9.17) is 5.84 Å². The molecule has 0 radical (unpaired) electrons. The average Bonchev–Trinajstić information content (AvgIpc) is 2.16. The van der Waals surface area contributed by atoms with Crippen molar-refractivity contribution in [3.8, 4) is 0 Å². The van der Waals surface area contributed by atoms with Gasteiger partial charge in [-0.25, -0.2) is 15.8 Å². The largest absolute Gasteiger partial charge is 0.308 e. The molecule has 2 aromatic rings. The average molecular weight is 174 g/mol. The van der Waals surface area contributed by atoms with Crippen LogP contribution in [0, 0.1) is 6.92 Å². The van der Waals surface area contributed by atoms with E-state index in [0.717, 1.165) is 10.9 Å². The van der Waals surface area contributed by atoms with Gasteiger partial charge in [-0.1, -0.05) is 12.1 Å². The van der Waals surface area contributed by atoms with Gasteiger partial charge in [0.25, 0.3) is 0 Å². The van der Waals surface area contributed by atoms with Crippen LogP contribution in [0.25, 0.3) is 10.9 Å². The van der Waals surface area contributed by atoms with E-state index in [9.17, 15) is 0 Å². The number of nitrogen functional groups attached to an aromatic ring is 1. The highest BCUT2D eigenvalue weighted by atomic mass is 15.3. The molecule has 4 heteroatoms. The van der Waals surface area contributed by atoms with E-state index < -0.39 is 0 Å². The quantitative estimate of drug-likeness (QED) is 0.504. The Morgan fingerprint density at radius 1 is 1.23 bits per heavy atom. The first-order chi connectivity index (χ1) is 6.31. The second kappa shape index (κ2) is 2.99. The number of nitrogens with one attached hydrogen (secondary N) is 1. The lowest BCUT2D eigenvalue weighted by molar-refractivity contribution is 1.08. The number of nitrogens with zero attached hydrogens (tertiary/aromatic N) is 2. The Morgan fingerprint density at radius 3 is 2.77 bits per heavy atom. The highest BCUT2D eigenvalue weighted by molar-refractivity contribution is 5.88. The second-order valence-corrected chi connectivity index (χ2v) is 2.78. The van der Waals surface area contributed by atoms with Gasteiger partial charge in [0.15, 0.2) is 5.82 Å². The number of aromatic nitrogens is 2. The number of hydrogen-bond donors (Lipinski definition) is 2. The summed E-state index contributed by atoms with van der Waals surface area (Å²) in [4.78, 5) is 8.45. The fourth-order valence-electron chi connectivity index (χ4n) is 1.30. The van der Waals surface area contributed by atoms with E-state index in [2.05, 4.69) is 15.4 Å². The maximum Gasteiger partial charge on any atom is 0.151 e. The Hall–Kier alpha value is -1.68. The maximum absolute atomic E-state index is 5.34. The van der Waals surface area contributed by atoms with E-state index in [-0.39, 0.29) is 0 Å². The van der Waals surface area contributed by atoms with Crippen molar-refractivity contribution < 1.29 is 0 Å². The normalized spacial score (nSPS) is 10.3. The van der Waals surface area contributed by atoms with Crippen molar-refractivity contribution in [1.82, 2.24) is 9.97 Å². The standard InChI is InChI=1S/C9H10N4/c1-6-11-8-5-3-2-4-7(8)9(12-6)13-10/h2-5H,10H2,1H3,(H,11,12,13). The SMILES string of the molecule is Cc1nc(NN)c2ccccc2n1. The molecule has 2 rings (SSSR count). The van der Waals surface area contributed by atoms with Crippen LogP contribution in [-0.4, -0.2) is 9.97 Å². The molecule has 0 unspecified atom stereocenters. The van der Waals surface area contributed by atoms with Crippen LogP contribution in [-0.2, 0) is 0 Å². The van der Waals surface area contributed by atoms with Crippen LogP contribution in [0.1, 0.15) is 5.82 Å². The van der Waals surface area contributed by atoms with E-state index in [1.807, 2.05) is 31.2 Å². The lowest BCUT2D eigenvalue weighted by Gasteiger charge is -2.04. The van der Waals surface area contributed by atoms with Crippen molar-refractivity contribution in [2.45, 2.75) is 6.92 Å². The molecular formula is C9H10N4. The molecule has 0 fully saturated rings.